The third-order valence-electron chi connectivity index (χ3n) is 5.40. The van der Waals surface area contributed by atoms with Gasteiger partial charge in [-0.25, -0.2) is 0 Å². The Morgan fingerprint density at radius 3 is 2.71 bits per heavy atom. The fourth-order valence-corrected chi connectivity index (χ4v) is 3.61. The van der Waals surface area contributed by atoms with Gasteiger partial charge in [0.2, 0.25) is 5.88 Å². The molecule has 31 heavy (non-hydrogen) atoms. The molecule has 0 bridgehead atoms. The van der Waals surface area contributed by atoms with Gasteiger partial charge < -0.3 is 10.1 Å². The summed E-state index contributed by atoms with van der Waals surface area (Å²) in [4.78, 5) is 16.3. The minimum absolute atomic E-state index is 0.0209. The second-order valence-corrected chi connectivity index (χ2v) is 7.80. The third kappa shape index (κ3) is 4.65. The number of hydrogen-bond acceptors (Lipinski definition) is 4. The van der Waals surface area contributed by atoms with Crippen LogP contribution in [0.3, 0.4) is 0 Å². The predicted molar refractivity (Wildman–Crippen MR) is 109 cm³/mol. The Morgan fingerprint density at radius 1 is 1.29 bits per heavy atom. The largest absolute Gasteiger partial charge is 0.467 e. The summed E-state index contributed by atoms with van der Waals surface area (Å²) in [6.45, 7) is 1.98. The van der Waals surface area contributed by atoms with Gasteiger partial charge in [0.15, 0.2) is 12.3 Å². The number of amides is 1. The van der Waals surface area contributed by atoms with Crippen LogP contribution >= 0.6 is 0 Å². The standard InChI is InChI=1S/C22H23F3N4O2/c1-13-5-3-4-6-14(13)9-10-26-17(30)12-31-18-11-16(22(23,24)25)19-20(15-7-8-15)28-29(2)21(19)27-18/h3-6,11,15H,7-10,12H2,1-2H3,(H,26,30). The number of pyridine rings is 1. The summed E-state index contributed by atoms with van der Waals surface area (Å²) >= 11 is 0. The number of nitrogens with one attached hydrogen (secondary N) is 1. The average Bonchev–Trinajstić information content (AvgIpc) is 3.51. The lowest BCUT2D eigenvalue weighted by molar-refractivity contribution is -0.136. The van der Waals surface area contributed by atoms with Crippen molar-refractivity contribution in [3.63, 3.8) is 0 Å². The summed E-state index contributed by atoms with van der Waals surface area (Å²) in [6, 6.07) is 8.71. The van der Waals surface area contributed by atoms with E-state index in [4.69, 9.17) is 4.74 Å². The van der Waals surface area contributed by atoms with Crippen LogP contribution in [0.4, 0.5) is 13.2 Å². The molecular formula is C22H23F3N4O2. The zero-order chi connectivity index (χ0) is 22.2. The Kier molecular flexibility index (Phi) is 5.60. The molecule has 0 saturated heterocycles. The summed E-state index contributed by atoms with van der Waals surface area (Å²) in [5.74, 6) is -0.635. The van der Waals surface area contributed by atoms with E-state index in [0.717, 1.165) is 30.0 Å². The van der Waals surface area contributed by atoms with Crippen LogP contribution in [-0.4, -0.2) is 33.8 Å². The van der Waals surface area contributed by atoms with E-state index in [2.05, 4.69) is 15.4 Å². The molecule has 0 spiro atoms. The molecule has 1 N–H and O–H groups in total. The third-order valence-corrected chi connectivity index (χ3v) is 5.40. The molecule has 2 heterocycles. The zero-order valence-corrected chi connectivity index (χ0v) is 17.3. The summed E-state index contributed by atoms with van der Waals surface area (Å²) in [6.07, 6.45) is -2.28. The van der Waals surface area contributed by atoms with Gasteiger partial charge in [-0.15, -0.1) is 0 Å². The highest BCUT2D eigenvalue weighted by molar-refractivity contribution is 5.84. The van der Waals surface area contributed by atoms with E-state index in [1.165, 1.54) is 4.68 Å². The first-order valence-corrected chi connectivity index (χ1v) is 10.1. The Labute approximate surface area is 177 Å². The van der Waals surface area contributed by atoms with E-state index in [0.29, 0.717) is 18.7 Å². The Morgan fingerprint density at radius 2 is 2.03 bits per heavy atom. The van der Waals surface area contributed by atoms with Crippen molar-refractivity contribution in [3.05, 3.63) is 52.7 Å². The minimum atomic E-state index is -4.58. The molecule has 1 aromatic carbocycles. The molecule has 1 aliphatic carbocycles. The molecule has 2 aromatic heterocycles. The maximum absolute atomic E-state index is 13.7. The summed E-state index contributed by atoms with van der Waals surface area (Å²) in [7, 11) is 1.56. The molecule has 0 atom stereocenters. The summed E-state index contributed by atoms with van der Waals surface area (Å²) in [5, 5.41) is 7.00. The number of rotatable bonds is 7. The number of benzene rings is 1. The van der Waals surface area contributed by atoms with Gasteiger partial charge in [0.05, 0.1) is 16.6 Å². The highest BCUT2D eigenvalue weighted by Crippen LogP contribution is 2.46. The maximum atomic E-state index is 13.7. The van der Waals surface area contributed by atoms with Crippen LogP contribution < -0.4 is 10.1 Å². The van der Waals surface area contributed by atoms with Gasteiger partial charge in [-0.3, -0.25) is 9.48 Å². The molecule has 0 radical (unpaired) electrons. The van der Waals surface area contributed by atoms with E-state index < -0.39 is 24.3 Å². The smallest absolute Gasteiger partial charge is 0.417 e. The average molecular weight is 432 g/mol. The number of aryl methyl sites for hydroxylation is 2. The van der Waals surface area contributed by atoms with Crippen LogP contribution in [0.2, 0.25) is 0 Å². The van der Waals surface area contributed by atoms with Gasteiger partial charge in [-0.05, 0) is 37.3 Å². The van der Waals surface area contributed by atoms with Crippen LogP contribution in [0.25, 0.3) is 11.0 Å². The molecule has 4 rings (SSSR count). The number of nitrogens with zero attached hydrogens (tertiary/aromatic N) is 3. The molecule has 0 aliphatic heterocycles. The first-order valence-electron chi connectivity index (χ1n) is 10.1. The van der Waals surface area contributed by atoms with Crippen LogP contribution in [0.15, 0.2) is 30.3 Å². The first kappa shape index (κ1) is 21.1. The van der Waals surface area contributed by atoms with E-state index in [-0.39, 0.29) is 22.8 Å². The molecule has 9 heteroatoms. The molecule has 1 aliphatic rings. The van der Waals surface area contributed by atoms with Gasteiger partial charge in [-0.2, -0.15) is 23.3 Å². The highest BCUT2D eigenvalue weighted by Gasteiger charge is 2.39. The number of aromatic nitrogens is 3. The Hall–Kier alpha value is -3.10. The number of halogens is 3. The van der Waals surface area contributed by atoms with Crippen LogP contribution in [0, 0.1) is 6.92 Å². The fraction of sp³-hybridized carbons (Fsp3) is 0.409. The summed E-state index contributed by atoms with van der Waals surface area (Å²) in [5.41, 5.74) is 1.95. The zero-order valence-electron chi connectivity index (χ0n) is 17.3. The number of hydrogen-bond donors (Lipinski definition) is 1. The van der Waals surface area contributed by atoms with E-state index in [1.54, 1.807) is 7.05 Å². The SMILES string of the molecule is Cc1ccccc1CCNC(=O)COc1cc(C(F)(F)F)c2c(C3CC3)nn(C)c2n1. The normalized spacial score (nSPS) is 14.1. The van der Waals surface area contributed by atoms with Crippen LogP contribution in [-0.2, 0) is 24.4 Å². The second kappa shape index (κ2) is 8.20. The number of ether oxygens (including phenoxy) is 1. The van der Waals surface area contributed by atoms with Crippen molar-refractivity contribution in [2.75, 3.05) is 13.2 Å². The molecule has 1 saturated carbocycles. The monoisotopic (exact) mass is 432 g/mol. The molecule has 0 unspecified atom stereocenters. The Bertz CT molecular complexity index is 1120. The van der Waals surface area contributed by atoms with Gasteiger partial charge in [0, 0.05) is 25.6 Å². The molecule has 1 amide bonds. The van der Waals surface area contributed by atoms with Gasteiger partial charge in [0.1, 0.15) is 0 Å². The molecule has 1 fully saturated rings. The van der Waals surface area contributed by atoms with E-state index in [9.17, 15) is 18.0 Å². The fourth-order valence-electron chi connectivity index (χ4n) is 3.61. The molecule has 3 aromatic rings. The molecular weight excluding hydrogens is 409 g/mol. The van der Waals surface area contributed by atoms with Crippen LogP contribution in [0.1, 0.15) is 41.1 Å². The first-order chi connectivity index (χ1) is 14.7. The quantitative estimate of drug-likeness (QED) is 0.615. The minimum Gasteiger partial charge on any atom is -0.467 e. The lowest BCUT2D eigenvalue weighted by Crippen LogP contribution is -2.30. The van der Waals surface area contributed by atoms with Crippen molar-refractivity contribution in [2.24, 2.45) is 7.05 Å². The van der Waals surface area contributed by atoms with E-state index in [1.807, 2.05) is 31.2 Å². The number of fused-ring (bicyclic) bond motifs is 1. The predicted octanol–water partition coefficient (Wildman–Crippen LogP) is 3.91. The van der Waals surface area contributed by atoms with Gasteiger partial charge in [0.25, 0.3) is 5.91 Å². The van der Waals surface area contributed by atoms with Crippen molar-refractivity contribution in [1.29, 1.82) is 0 Å². The Balaban J connectivity index is 1.45. The maximum Gasteiger partial charge on any atom is 0.417 e. The second-order valence-electron chi connectivity index (χ2n) is 7.80. The lowest BCUT2D eigenvalue weighted by Gasteiger charge is -2.12. The van der Waals surface area contributed by atoms with Crippen molar-refractivity contribution >= 4 is 16.9 Å². The molecule has 6 nitrogen and oxygen atoms in total. The number of alkyl halides is 3. The number of carbonyl (C=O) groups is 1. The topological polar surface area (TPSA) is 69.0 Å². The summed E-state index contributed by atoms with van der Waals surface area (Å²) < 4.78 is 47.8. The number of carbonyl (C=O) groups excluding carboxylic acids is 1. The van der Waals surface area contributed by atoms with Gasteiger partial charge in [-0.1, -0.05) is 24.3 Å². The lowest BCUT2D eigenvalue weighted by atomic mass is 10.1. The van der Waals surface area contributed by atoms with Crippen molar-refractivity contribution in [3.8, 4) is 5.88 Å². The van der Waals surface area contributed by atoms with Crippen molar-refractivity contribution in [1.82, 2.24) is 20.1 Å². The van der Waals surface area contributed by atoms with Crippen molar-refractivity contribution < 1.29 is 22.7 Å². The van der Waals surface area contributed by atoms with Gasteiger partial charge >= 0.3 is 6.18 Å². The van der Waals surface area contributed by atoms with Crippen LogP contribution in [0.5, 0.6) is 5.88 Å². The molecule has 164 valence electrons. The highest BCUT2D eigenvalue weighted by atomic mass is 19.4. The van der Waals surface area contributed by atoms with Crippen molar-refractivity contribution in [2.45, 2.75) is 38.3 Å². The van der Waals surface area contributed by atoms with E-state index >= 15 is 0 Å².